The average molecular weight is 366 g/mol. The van der Waals surface area contributed by atoms with Crippen LogP contribution in [0.5, 0.6) is 0 Å². The van der Waals surface area contributed by atoms with E-state index in [9.17, 15) is 9.59 Å². The lowest BCUT2D eigenvalue weighted by molar-refractivity contribution is 0.103. The molecule has 2 aromatic heterocycles. The van der Waals surface area contributed by atoms with Crippen LogP contribution in [-0.4, -0.2) is 23.2 Å². The van der Waals surface area contributed by atoms with Gasteiger partial charge in [0.1, 0.15) is 13.5 Å². The first-order valence-corrected chi connectivity index (χ1v) is 9.18. The summed E-state index contributed by atoms with van der Waals surface area (Å²) in [5.41, 5.74) is 4.21. The van der Waals surface area contributed by atoms with Crippen molar-refractivity contribution < 1.29 is 4.79 Å². The predicted molar refractivity (Wildman–Crippen MR) is 114 cm³/mol. The molecule has 0 atom stereocenters. The number of benzene rings is 2. The largest absolute Gasteiger partial charge is 0.342 e. The molecule has 0 fully saturated rings. The number of aromatic nitrogens is 2. The number of para-hydroxylation sites is 1. The summed E-state index contributed by atoms with van der Waals surface area (Å²) in [4.78, 5) is 30.2. The van der Waals surface area contributed by atoms with E-state index in [2.05, 4.69) is 11.1 Å². The van der Waals surface area contributed by atoms with Gasteiger partial charge in [0.25, 0.3) is 0 Å². The SMILES string of the molecule is Bc1cccc(Cn2cc(C(=O)c3ccc(C)cn3)c(=O)c3ccccc32)c1. The molecule has 0 amide bonds. The third-order valence-corrected chi connectivity index (χ3v) is 4.81. The minimum Gasteiger partial charge on any atom is -0.342 e. The number of pyridine rings is 2. The third-order valence-electron chi connectivity index (χ3n) is 4.81. The molecule has 0 bridgehead atoms. The van der Waals surface area contributed by atoms with Gasteiger partial charge in [0.15, 0.2) is 0 Å². The monoisotopic (exact) mass is 366 g/mol. The maximum absolute atomic E-state index is 13.0. The van der Waals surface area contributed by atoms with Crippen molar-refractivity contribution in [2.75, 3.05) is 0 Å². The van der Waals surface area contributed by atoms with Gasteiger partial charge in [0, 0.05) is 24.3 Å². The fourth-order valence-electron chi connectivity index (χ4n) is 3.39. The van der Waals surface area contributed by atoms with Crippen molar-refractivity contribution in [3.8, 4) is 0 Å². The molecule has 28 heavy (non-hydrogen) atoms. The molecule has 0 spiro atoms. The summed E-state index contributed by atoms with van der Waals surface area (Å²) in [7, 11) is 2.05. The molecule has 2 heterocycles. The van der Waals surface area contributed by atoms with Gasteiger partial charge < -0.3 is 4.57 Å². The Morgan fingerprint density at radius 2 is 1.89 bits per heavy atom. The zero-order valence-electron chi connectivity index (χ0n) is 15.8. The lowest BCUT2D eigenvalue weighted by atomic mass is 9.94. The molecule has 0 unspecified atom stereocenters. The van der Waals surface area contributed by atoms with Crippen molar-refractivity contribution in [1.29, 1.82) is 0 Å². The van der Waals surface area contributed by atoms with Gasteiger partial charge in [-0.1, -0.05) is 47.9 Å². The normalized spacial score (nSPS) is 10.9. The lowest BCUT2D eigenvalue weighted by Gasteiger charge is -2.14. The van der Waals surface area contributed by atoms with Crippen LogP contribution < -0.4 is 10.9 Å². The van der Waals surface area contributed by atoms with Crippen molar-refractivity contribution in [2.24, 2.45) is 0 Å². The van der Waals surface area contributed by atoms with Gasteiger partial charge in [-0.2, -0.15) is 0 Å². The third kappa shape index (κ3) is 3.39. The van der Waals surface area contributed by atoms with Crippen LogP contribution >= 0.6 is 0 Å². The van der Waals surface area contributed by atoms with Gasteiger partial charge in [-0.05, 0) is 36.2 Å². The maximum atomic E-state index is 13.0. The lowest BCUT2D eigenvalue weighted by Crippen LogP contribution is -2.21. The predicted octanol–water partition coefficient (Wildman–Crippen LogP) is 2.24. The second kappa shape index (κ2) is 7.27. The minimum absolute atomic E-state index is 0.141. The highest BCUT2D eigenvalue weighted by Crippen LogP contribution is 2.16. The van der Waals surface area contributed by atoms with Crippen LogP contribution in [0.3, 0.4) is 0 Å². The van der Waals surface area contributed by atoms with E-state index in [0.29, 0.717) is 11.9 Å². The molecule has 0 radical (unpaired) electrons. The first-order chi connectivity index (χ1) is 13.5. The quantitative estimate of drug-likeness (QED) is 0.411. The Kier molecular flexibility index (Phi) is 4.66. The van der Waals surface area contributed by atoms with Crippen molar-refractivity contribution in [3.63, 3.8) is 0 Å². The molecule has 0 aliphatic carbocycles. The van der Waals surface area contributed by atoms with Gasteiger partial charge in [0.05, 0.1) is 11.1 Å². The summed E-state index contributed by atoms with van der Waals surface area (Å²) in [5.74, 6) is -0.353. The van der Waals surface area contributed by atoms with E-state index < -0.39 is 0 Å². The zero-order valence-corrected chi connectivity index (χ0v) is 15.8. The summed E-state index contributed by atoms with van der Waals surface area (Å²) >= 11 is 0. The summed E-state index contributed by atoms with van der Waals surface area (Å²) in [6.45, 7) is 2.48. The van der Waals surface area contributed by atoms with Crippen LogP contribution in [0.25, 0.3) is 10.9 Å². The number of fused-ring (bicyclic) bond motifs is 1. The smallest absolute Gasteiger partial charge is 0.216 e. The Bertz CT molecular complexity index is 1240. The summed E-state index contributed by atoms with van der Waals surface area (Å²) in [5, 5.41) is 0.535. The molecule has 5 heteroatoms. The van der Waals surface area contributed by atoms with E-state index in [1.165, 1.54) is 5.46 Å². The Hall–Kier alpha value is -3.47. The highest BCUT2D eigenvalue weighted by atomic mass is 16.1. The van der Waals surface area contributed by atoms with Gasteiger partial charge in [-0.15, -0.1) is 0 Å². The molecular formula is C23H19BN2O2. The van der Waals surface area contributed by atoms with E-state index in [0.717, 1.165) is 16.6 Å². The van der Waals surface area contributed by atoms with E-state index >= 15 is 0 Å². The molecule has 0 aliphatic rings. The van der Waals surface area contributed by atoms with Crippen LogP contribution in [0.1, 0.15) is 27.2 Å². The number of aryl methyl sites for hydroxylation is 1. The number of hydrogen-bond donors (Lipinski definition) is 0. The Morgan fingerprint density at radius 3 is 2.64 bits per heavy atom. The number of ketones is 1. The second-order valence-corrected chi connectivity index (χ2v) is 7.06. The van der Waals surface area contributed by atoms with Crippen molar-refractivity contribution >= 4 is 30.0 Å². The second-order valence-electron chi connectivity index (χ2n) is 7.06. The van der Waals surface area contributed by atoms with E-state index in [4.69, 9.17) is 0 Å². The van der Waals surface area contributed by atoms with Gasteiger partial charge in [-0.3, -0.25) is 14.6 Å². The van der Waals surface area contributed by atoms with Crippen LogP contribution in [0.2, 0.25) is 0 Å². The zero-order chi connectivity index (χ0) is 19.7. The van der Waals surface area contributed by atoms with E-state index in [-0.39, 0.29) is 22.5 Å². The van der Waals surface area contributed by atoms with Crippen molar-refractivity contribution in [1.82, 2.24) is 9.55 Å². The minimum atomic E-state index is -0.353. The number of rotatable bonds is 4. The molecule has 0 saturated carbocycles. The molecule has 4 aromatic rings. The van der Waals surface area contributed by atoms with Crippen LogP contribution in [-0.2, 0) is 6.54 Å². The van der Waals surface area contributed by atoms with E-state index in [1.807, 2.05) is 61.8 Å². The molecule has 2 aromatic carbocycles. The molecular weight excluding hydrogens is 347 g/mol. The van der Waals surface area contributed by atoms with Crippen molar-refractivity contribution in [3.05, 3.63) is 106 Å². The first kappa shape index (κ1) is 17.9. The Morgan fingerprint density at radius 1 is 1.07 bits per heavy atom. The highest BCUT2D eigenvalue weighted by Gasteiger charge is 2.18. The number of nitrogens with zero attached hydrogens (tertiary/aromatic N) is 2. The number of carbonyl (C=O) groups is 1. The molecule has 4 nitrogen and oxygen atoms in total. The maximum Gasteiger partial charge on any atom is 0.216 e. The molecule has 136 valence electrons. The number of carbonyl (C=O) groups excluding carboxylic acids is 1. The average Bonchev–Trinajstić information content (AvgIpc) is 2.70. The fraction of sp³-hybridized carbons (Fsp3) is 0.0870. The number of hydrogen-bond acceptors (Lipinski definition) is 3. The van der Waals surface area contributed by atoms with Gasteiger partial charge >= 0.3 is 0 Å². The molecule has 4 rings (SSSR count). The fourth-order valence-corrected chi connectivity index (χ4v) is 3.39. The molecule has 0 N–H and O–H groups in total. The standard InChI is InChI=1S/C23H19BN2O2/c1-15-9-10-20(25-12-15)23(28)19-14-26(13-16-5-4-6-17(24)11-16)21-8-3-2-7-18(21)22(19)27/h2-12,14H,13,24H2,1H3. The topological polar surface area (TPSA) is 52.0 Å². The summed E-state index contributed by atoms with van der Waals surface area (Å²) < 4.78 is 1.97. The van der Waals surface area contributed by atoms with Crippen LogP contribution in [0, 0.1) is 6.92 Å². The van der Waals surface area contributed by atoms with Gasteiger partial charge in [0.2, 0.25) is 11.2 Å². The highest BCUT2D eigenvalue weighted by molar-refractivity contribution is 6.32. The summed E-state index contributed by atoms with van der Waals surface area (Å²) in [6.07, 6.45) is 3.30. The van der Waals surface area contributed by atoms with Crippen molar-refractivity contribution in [2.45, 2.75) is 13.5 Å². The molecule has 0 aliphatic heterocycles. The Labute approximate surface area is 163 Å². The van der Waals surface area contributed by atoms with Crippen LogP contribution in [0.15, 0.2) is 77.9 Å². The summed E-state index contributed by atoms with van der Waals surface area (Å²) in [6, 6.07) is 19.1. The van der Waals surface area contributed by atoms with Gasteiger partial charge in [-0.25, -0.2) is 0 Å². The van der Waals surface area contributed by atoms with E-state index in [1.54, 1.807) is 24.5 Å². The first-order valence-electron chi connectivity index (χ1n) is 9.18. The van der Waals surface area contributed by atoms with Crippen LogP contribution in [0.4, 0.5) is 0 Å². The molecule has 0 saturated heterocycles. The Balaban J connectivity index is 1.87.